The number of anilines is 1. The van der Waals surface area contributed by atoms with Gasteiger partial charge in [-0.1, -0.05) is 6.07 Å². The number of halogens is 3. The zero-order chi connectivity index (χ0) is 24.1. The lowest BCUT2D eigenvalue weighted by atomic mass is 9.90. The zero-order valence-electron chi connectivity index (χ0n) is 19.4. The van der Waals surface area contributed by atoms with Crippen molar-refractivity contribution >= 4 is 11.7 Å². The number of likely N-dealkylation sites (tertiary alicyclic amines) is 2. The summed E-state index contributed by atoms with van der Waals surface area (Å²) in [6.07, 6.45) is 2.88. The van der Waals surface area contributed by atoms with Crippen LogP contribution in [0.15, 0.2) is 36.5 Å². The number of ether oxygens (including phenoxy) is 1. The van der Waals surface area contributed by atoms with Crippen molar-refractivity contribution in [2.24, 2.45) is 0 Å². The van der Waals surface area contributed by atoms with Gasteiger partial charge in [-0.15, -0.1) is 0 Å². The van der Waals surface area contributed by atoms with Gasteiger partial charge >= 0.3 is 0 Å². The van der Waals surface area contributed by atoms with Gasteiger partial charge in [0.05, 0.1) is 12.7 Å². The highest BCUT2D eigenvalue weighted by Gasteiger charge is 2.44. The molecule has 1 amide bonds. The van der Waals surface area contributed by atoms with E-state index < -0.39 is 23.2 Å². The number of nitrogens with zero attached hydrogens (tertiary/aromatic N) is 3. The van der Waals surface area contributed by atoms with Gasteiger partial charge in [-0.3, -0.25) is 9.69 Å². The number of carbonyl (C=O) groups excluding carboxylic acids is 1. The third-order valence-electron chi connectivity index (χ3n) is 6.77. The minimum atomic E-state index is -1.85. The van der Waals surface area contributed by atoms with E-state index in [1.54, 1.807) is 11.1 Å². The van der Waals surface area contributed by atoms with Crippen LogP contribution < -0.4 is 5.32 Å². The standard InChI is InChI=1S/C25H31F3N4O2/c1-29-23-15-18(5-10-30-23)16-31-13-8-25(28,9-14-31)24(33)32-11-6-19(7-12-32)34-17-20-21(26)3-2-4-22(20)27/h2-5,10,15,19H,6-9,11-14,16-17H2,1H3,(H,29,30). The van der Waals surface area contributed by atoms with Gasteiger partial charge in [0.1, 0.15) is 17.5 Å². The second-order valence-electron chi connectivity index (χ2n) is 9.04. The Kier molecular flexibility index (Phi) is 7.73. The number of pyridine rings is 1. The minimum Gasteiger partial charge on any atom is -0.373 e. The average molecular weight is 477 g/mol. The predicted octanol–water partition coefficient (Wildman–Crippen LogP) is 3.91. The van der Waals surface area contributed by atoms with Gasteiger partial charge in [-0.25, -0.2) is 18.2 Å². The normalized spacial score (nSPS) is 19.2. The molecule has 2 fully saturated rings. The van der Waals surface area contributed by atoms with E-state index in [9.17, 15) is 13.6 Å². The molecule has 184 valence electrons. The van der Waals surface area contributed by atoms with Crippen LogP contribution in [0.5, 0.6) is 0 Å². The number of carbonyl (C=O) groups is 1. The predicted molar refractivity (Wildman–Crippen MR) is 123 cm³/mol. The maximum Gasteiger partial charge on any atom is 0.260 e. The van der Waals surface area contributed by atoms with Crippen LogP contribution in [0.3, 0.4) is 0 Å². The van der Waals surface area contributed by atoms with Gasteiger partial charge < -0.3 is 15.0 Å². The molecule has 6 nitrogen and oxygen atoms in total. The lowest BCUT2D eigenvalue weighted by molar-refractivity contribution is -0.150. The molecule has 0 bridgehead atoms. The molecule has 2 aromatic rings. The first kappa shape index (κ1) is 24.5. The van der Waals surface area contributed by atoms with Crippen LogP contribution in [0.25, 0.3) is 0 Å². The number of hydrogen-bond acceptors (Lipinski definition) is 5. The summed E-state index contributed by atoms with van der Waals surface area (Å²) in [4.78, 5) is 20.9. The van der Waals surface area contributed by atoms with E-state index in [-0.39, 0.29) is 31.1 Å². The number of nitrogens with one attached hydrogen (secondary N) is 1. The average Bonchev–Trinajstić information content (AvgIpc) is 2.85. The molecule has 0 unspecified atom stereocenters. The molecule has 3 heterocycles. The SMILES string of the molecule is CNc1cc(CN2CCC(F)(C(=O)N3CCC(OCc4c(F)cccc4F)CC3)CC2)ccn1. The van der Waals surface area contributed by atoms with E-state index in [4.69, 9.17) is 4.74 Å². The molecule has 0 aliphatic carbocycles. The minimum absolute atomic E-state index is 0.0931. The Morgan fingerprint density at radius 1 is 1.15 bits per heavy atom. The van der Waals surface area contributed by atoms with Gasteiger partial charge in [0, 0.05) is 64.4 Å². The first-order valence-electron chi connectivity index (χ1n) is 11.8. The molecule has 2 aliphatic rings. The lowest BCUT2D eigenvalue weighted by Gasteiger charge is -2.40. The molecular formula is C25H31F3N4O2. The molecule has 2 aliphatic heterocycles. The summed E-state index contributed by atoms with van der Waals surface area (Å²) in [5.41, 5.74) is -0.853. The maximum atomic E-state index is 15.6. The molecule has 1 aromatic carbocycles. The molecular weight excluding hydrogens is 445 g/mol. The van der Waals surface area contributed by atoms with Crippen molar-refractivity contribution in [1.29, 1.82) is 0 Å². The van der Waals surface area contributed by atoms with Crippen molar-refractivity contribution in [3.05, 3.63) is 59.3 Å². The van der Waals surface area contributed by atoms with Gasteiger partial charge in [-0.2, -0.15) is 0 Å². The summed E-state index contributed by atoms with van der Waals surface area (Å²) in [7, 11) is 1.81. The van der Waals surface area contributed by atoms with Crippen LogP contribution in [0.1, 0.15) is 36.8 Å². The van der Waals surface area contributed by atoms with E-state index in [1.165, 1.54) is 18.2 Å². The highest BCUT2D eigenvalue weighted by Crippen LogP contribution is 2.31. The Bertz CT molecular complexity index is 970. The largest absolute Gasteiger partial charge is 0.373 e. The second kappa shape index (κ2) is 10.7. The van der Waals surface area contributed by atoms with Crippen LogP contribution in [-0.4, -0.2) is 65.7 Å². The quantitative estimate of drug-likeness (QED) is 0.657. The fraction of sp³-hybridized carbons (Fsp3) is 0.520. The van der Waals surface area contributed by atoms with Crippen molar-refractivity contribution in [2.45, 2.75) is 50.6 Å². The third-order valence-corrected chi connectivity index (χ3v) is 6.77. The number of alkyl halides is 1. The number of piperidine rings is 2. The highest BCUT2D eigenvalue weighted by atomic mass is 19.1. The number of amides is 1. The Hall–Kier alpha value is -2.65. The summed E-state index contributed by atoms with van der Waals surface area (Å²) >= 11 is 0. The number of aromatic nitrogens is 1. The molecule has 34 heavy (non-hydrogen) atoms. The van der Waals surface area contributed by atoms with Crippen LogP contribution in [0.4, 0.5) is 19.0 Å². The van der Waals surface area contributed by atoms with Crippen molar-refractivity contribution in [3.63, 3.8) is 0 Å². The van der Waals surface area contributed by atoms with Crippen LogP contribution in [0.2, 0.25) is 0 Å². The molecule has 2 saturated heterocycles. The Balaban J connectivity index is 1.23. The summed E-state index contributed by atoms with van der Waals surface area (Å²) in [6.45, 7) is 2.30. The smallest absolute Gasteiger partial charge is 0.260 e. The maximum absolute atomic E-state index is 15.6. The van der Waals surface area contributed by atoms with Gasteiger partial charge in [0.15, 0.2) is 5.67 Å². The first-order chi connectivity index (χ1) is 16.4. The number of rotatable bonds is 7. The zero-order valence-corrected chi connectivity index (χ0v) is 19.4. The molecule has 0 radical (unpaired) electrons. The van der Waals surface area contributed by atoms with Crippen molar-refractivity contribution in [3.8, 4) is 0 Å². The molecule has 9 heteroatoms. The first-order valence-corrected chi connectivity index (χ1v) is 11.8. The number of benzene rings is 1. The van der Waals surface area contributed by atoms with E-state index in [2.05, 4.69) is 15.2 Å². The van der Waals surface area contributed by atoms with Crippen molar-refractivity contribution in [1.82, 2.24) is 14.8 Å². The fourth-order valence-corrected chi connectivity index (χ4v) is 4.63. The summed E-state index contributed by atoms with van der Waals surface area (Å²) in [5, 5.41) is 3.01. The number of hydrogen-bond donors (Lipinski definition) is 1. The van der Waals surface area contributed by atoms with Crippen LogP contribution in [0, 0.1) is 11.6 Å². The molecule has 1 N–H and O–H groups in total. The molecule has 0 saturated carbocycles. The molecule has 1 aromatic heterocycles. The van der Waals surface area contributed by atoms with E-state index in [1.807, 2.05) is 19.2 Å². The van der Waals surface area contributed by atoms with E-state index >= 15 is 4.39 Å². The van der Waals surface area contributed by atoms with Crippen LogP contribution >= 0.6 is 0 Å². The van der Waals surface area contributed by atoms with E-state index in [0.717, 1.165) is 11.4 Å². The lowest BCUT2D eigenvalue weighted by Crippen LogP contribution is -2.54. The van der Waals surface area contributed by atoms with Crippen LogP contribution in [-0.2, 0) is 22.7 Å². The summed E-state index contributed by atoms with van der Waals surface area (Å²) in [6, 6.07) is 7.62. The third kappa shape index (κ3) is 5.70. The Morgan fingerprint density at radius 3 is 2.47 bits per heavy atom. The molecule has 0 spiro atoms. The summed E-state index contributed by atoms with van der Waals surface area (Å²) < 4.78 is 48.8. The van der Waals surface area contributed by atoms with Gasteiger partial charge in [0.25, 0.3) is 5.91 Å². The Labute approximate surface area is 198 Å². The van der Waals surface area contributed by atoms with Gasteiger partial charge in [0.2, 0.25) is 0 Å². The fourth-order valence-electron chi connectivity index (χ4n) is 4.63. The topological polar surface area (TPSA) is 57.7 Å². The van der Waals surface area contributed by atoms with Gasteiger partial charge in [-0.05, 0) is 42.7 Å². The molecule has 0 atom stereocenters. The summed E-state index contributed by atoms with van der Waals surface area (Å²) in [5.74, 6) is -0.933. The van der Waals surface area contributed by atoms with E-state index in [0.29, 0.717) is 45.6 Å². The van der Waals surface area contributed by atoms with Crippen molar-refractivity contribution < 1.29 is 22.7 Å². The van der Waals surface area contributed by atoms with Crippen molar-refractivity contribution in [2.75, 3.05) is 38.5 Å². The second-order valence-corrected chi connectivity index (χ2v) is 9.04. The molecule has 4 rings (SSSR count). The highest BCUT2D eigenvalue weighted by molar-refractivity contribution is 5.85. The monoisotopic (exact) mass is 476 g/mol. The Morgan fingerprint density at radius 2 is 1.82 bits per heavy atom.